The van der Waals surface area contributed by atoms with Crippen molar-refractivity contribution >= 4 is 5.91 Å². The number of hydrogen-bond acceptors (Lipinski definition) is 4. The Labute approximate surface area is 107 Å². The molecule has 0 bridgehead atoms. The number of rotatable bonds is 4. The van der Waals surface area contributed by atoms with Crippen molar-refractivity contribution < 1.29 is 19.1 Å². The molecule has 3 rings (SSSR count). The third kappa shape index (κ3) is 2.53. The van der Waals surface area contributed by atoms with Gasteiger partial charge in [0.05, 0.1) is 19.8 Å². The van der Waals surface area contributed by atoms with Crippen molar-refractivity contribution in [2.75, 3.05) is 26.4 Å². The summed E-state index contributed by atoms with van der Waals surface area (Å²) in [4.78, 5) is 17.3. The maximum absolute atomic E-state index is 12.0. The first kappa shape index (κ1) is 12.4. The Morgan fingerprint density at radius 3 is 3.06 bits per heavy atom. The molecule has 3 fully saturated rings. The fourth-order valence-electron chi connectivity index (χ4n) is 3.30. The van der Waals surface area contributed by atoms with Gasteiger partial charge in [0.25, 0.3) is 5.91 Å². The Kier molecular flexibility index (Phi) is 3.82. The largest absolute Gasteiger partial charge is 0.381 e. The van der Waals surface area contributed by atoms with E-state index in [1.165, 1.54) is 12.8 Å². The highest BCUT2D eigenvalue weighted by atomic mass is 16.7. The fourth-order valence-corrected chi connectivity index (χ4v) is 3.30. The van der Waals surface area contributed by atoms with Crippen molar-refractivity contribution in [3.8, 4) is 0 Å². The van der Waals surface area contributed by atoms with Crippen molar-refractivity contribution in [1.82, 2.24) is 5.48 Å². The molecule has 5 heteroatoms. The highest BCUT2D eigenvalue weighted by Gasteiger charge is 2.43. The summed E-state index contributed by atoms with van der Waals surface area (Å²) in [6, 6.07) is 0. The predicted molar refractivity (Wildman–Crippen MR) is 63.6 cm³/mol. The van der Waals surface area contributed by atoms with Crippen molar-refractivity contribution in [3.63, 3.8) is 0 Å². The molecule has 1 saturated carbocycles. The van der Waals surface area contributed by atoms with Gasteiger partial charge in [0.1, 0.15) is 6.10 Å². The second kappa shape index (κ2) is 5.55. The lowest BCUT2D eigenvalue weighted by molar-refractivity contribution is -0.145. The lowest BCUT2D eigenvalue weighted by Crippen LogP contribution is -2.39. The Bertz CT molecular complexity index is 303. The Balaban J connectivity index is 1.41. The Morgan fingerprint density at radius 1 is 1.28 bits per heavy atom. The minimum absolute atomic E-state index is 0.108. The Morgan fingerprint density at radius 2 is 2.22 bits per heavy atom. The zero-order chi connectivity index (χ0) is 12.4. The quantitative estimate of drug-likeness (QED) is 0.758. The molecular formula is C13H21NO4. The highest BCUT2D eigenvalue weighted by molar-refractivity contribution is 5.80. The lowest BCUT2D eigenvalue weighted by Gasteiger charge is -2.17. The van der Waals surface area contributed by atoms with Crippen molar-refractivity contribution in [2.45, 2.75) is 31.8 Å². The van der Waals surface area contributed by atoms with Gasteiger partial charge in [0.2, 0.25) is 0 Å². The molecular weight excluding hydrogens is 234 g/mol. The van der Waals surface area contributed by atoms with Gasteiger partial charge in [-0.05, 0) is 31.1 Å². The van der Waals surface area contributed by atoms with E-state index >= 15 is 0 Å². The number of hydroxylamine groups is 1. The second-order valence-electron chi connectivity index (χ2n) is 5.62. The van der Waals surface area contributed by atoms with Crippen LogP contribution in [0.5, 0.6) is 0 Å². The van der Waals surface area contributed by atoms with Crippen LogP contribution >= 0.6 is 0 Å². The van der Waals surface area contributed by atoms with Gasteiger partial charge >= 0.3 is 0 Å². The number of ether oxygens (including phenoxy) is 2. The standard InChI is InChI=1S/C13H21NO4/c15-13(14-18-7-9-4-5-16-6-9)12-11-3-1-2-10(11)8-17-12/h9-12H,1-8H2,(H,14,15)/t9?,10-,11-,12+/m0/s1. The van der Waals surface area contributed by atoms with Crippen molar-refractivity contribution in [3.05, 3.63) is 0 Å². The molecule has 2 heterocycles. The zero-order valence-corrected chi connectivity index (χ0v) is 10.6. The van der Waals surface area contributed by atoms with Gasteiger partial charge in [-0.15, -0.1) is 0 Å². The summed E-state index contributed by atoms with van der Waals surface area (Å²) in [6.07, 6.45) is 4.26. The predicted octanol–water partition coefficient (Wildman–Crippen LogP) is 0.886. The number of amides is 1. The first-order valence-corrected chi connectivity index (χ1v) is 6.95. The van der Waals surface area contributed by atoms with Crippen LogP contribution in [0.3, 0.4) is 0 Å². The van der Waals surface area contributed by atoms with E-state index in [2.05, 4.69) is 5.48 Å². The van der Waals surface area contributed by atoms with Crippen LogP contribution in [0.25, 0.3) is 0 Å². The minimum Gasteiger partial charge on any atom is -0.381 e. The molecule has 5 nitrogen and oxygen atoms in total. The van der Waals surface area contributed by atoms with E-state index in [1.54, 1.807) is 0 Å². The smallest absolute Gasteiger partial charge is 0.272 e. The first-order chi connectivity index (χ1) is 8.84. The summed E-state index contributed by atoms with van der Waals surface area (Å²) in [5, 5.41) is 0. The average molecular weight is 255 g/mol. The Hall–Kier alpha value is -0.650. The number of carbonyl (C=O) groups is 1. The molecule has 1 aliphatic carbocycles. The molecule has 0 aromatic heterocycles. The van der Waals surface area contributed by atoms with Crippen molar-refractivity contribution in [1.29, 1.82) is 0 Å². The highest BCUT2D eigenvalue weighted by Crippen LogP contribution is 2.40. The van der Waals surface area contributed by atoms with Gasteiger partial charge in [-0.3, -0.25) is 9.63 Å². The molecule has 2 saturated heterocycles. The molecule has 0 aromatic carbocycles. The summed E-state index contributed by atoms with van der Waals surface area (Å²) in [5.41, 5.74) is 2.54. The van der Waals surface area contributed by atoms with E-state index in [1.807, 2.05) is 0 Å². The number of carbonyl (C=O) groups excluding carboxylic acids is 1. The SMILES string of the molecule is O=C(NOCC1CCOC1)[C@@H]1OC[C@@H]2CCC[C@@H]21. The van der Waals surface area contributed by atoms with E-state index in [4.69, 9.17) is 14.3 Å². The summed E-state index contributed by atoms with van der Waals surface area (Å²) in [5.74, 6) is 1.30. The monoisotopic (exact) mass is 255 g/mol. The van der Waals surface area contributed by atoms with Gasteiger partial charge in [0.15, 0.2) is 0 Å². The normalized spacial score (nSPS) is 38.9. The van der Waals surface area contributed by atoms with E-state index < -0.39 is 0 Å². The van der Waals surface area contributed by atoms with Gasteiger partial charge in [-0.25, -0.2) is 5.48 Å². The summed E-state index contributed by atoms with van der Waals surface area (Å²) in [6.45, 7) is 2.81. The number of fused-ring (bicyclic) bond motifs is 1. The van der Waals surface area contributed by atoms with Crippen LogP contribution in [0.4, 0.5) is 0 Å². The van der Waals surface area contributed by atoms with Crippen LogP contribution in [-0.2, 0) is 19.1 Å². The minimum atomic E-state index is -0.294. The molecule has 102 valence electrons. The molecule has 0 radical (unpaired) electrons. The van der Waals surface area contributed by atoms with Crippen LogP contribution in [0.15, 0.2) is 0 Å². The molecule has 0 spiro atoms. The summed E-state index contributed by atoms with van der Waals surface area (Å²) in [7, 11) is 0. The second-order valence-corrected chi connectivity index (χ2v) is 5.62. The third-order valence-electron chi connectivity index (χ3n) is 4.37. The van der Waals surface area contributed by atoms with Crippen LogP contribution in [0.2, 0.25) is 0 Å². The zero-order valence-electron chi connectivity index (χ0n) is 10.6. The maximum Gasteiger partial charge on any atom is 0.272 e. The lowest BCUT2D eigenvalue weighted by atomic mass is 9.94. The average Bonchev–Trinajstić information content (AvgIpc) is 3.05. The summed E-state index contributed by atoms with van der Waals surface area (Å²) >= 11 is 0. The molecule has 1 N–H and O–H groups in total. The maximum atomic E-state index is 12.0. The van der Waals surface area contributed by atoms with E-state index in [0.29, 0.717) is 24.4 Å². The van der Waals surface area contributed by atoms with Gasteiger partial charge in [-0.1, -0.05) is 6.42 Å². The molecule has 2 aliphatic heterocycles. The van der Waals surface area contributed by atoms with Crippen LogP contribution in [0, 0.1) is 17.8 Å². The summed E-state index contributed by atoms with van der Waals surface area (Å²) < 4.78 is 10.8. The van der Waals surface area contributed by atoms with Crippen LogP contribution in [0.1, 0.15) is 25.7 Å². The van der Waals surface area contributed by atoms with E-state index in [0.717, 1.165) is 32.7 Å². The van der Waals surface area contributed by atoms with Crippen LogP contribution < -0.4 is 5.48 Å². The van der Waals surface area contributed by atoms with E-state index in [-0.39, 0.29) is 12.0 Å². The topological polar surface area (TPSA) is 56.8 Å². The van der Waals surface area contributed by atoms with E-state index in [9.17, 15) is 4.79 Å². The van der Waals surface area contributed by atoms with Crippen LogP contribution in [-0.4, -0.2) is 38.4 Å². The molecule has 18 heavy (non-hydrogen) atoms. The van der Waals surface area contributed by atoms with Gasteiger partial charge in [0, 0.05) is 12.5 Å². The number of hydrogen-bond donors (Lipinski definition) is 1. The van der Waals surface area contributed by atoms with Gasteiger partial charge in [-0.2, -0.15) is 0 Å². The fraction of sp³-hybridized carbons (Fsp3) is 0.923. The third-order valence-corrected chi connectivity index (χ3v) is 4.37. The molecule has 1 amide bonds. The molecule has 1 unspecified atom stereocenters. The first-order valence-electron chi connectivity index (χ1n) is 6.95. The van der Waals surface area contributed by atoms with Gasteiger partial charge < -0.3 is 9.47 Å². The molecule has 3 aliphatic rings. The molecule has 0 aromatic rings. The number of nitrogens with one attached hydrogen (secondary N) is 1. The molecule has 4 atom stereocenters. The van der Waals surface area contributed by atoms with Crippen molar-refractivity contribution in [2.24, 2.45) is 17.8 Å².